The third-order valence-corrected chi connectivity index (χ3v) is 5.54. The second-order valence-corrected chi connectivity index (χ2v) is 5.67. The summed E-state index contributed by atoms with van der Waals surface area (Å²) >= 11 is 3.79. The van der Waals surface area contributed by atoms with Gasteiger partial charge in [-0.3, -0.25) is 0 Å². The van der Waals surface area contributed by atoms with Crippen molar-refractivity contribution in [2.75, 3.05) is 0 Å². The van der Waals surface area contributed by atoms with Crippen molar-refractivity contribution in [2.24, 2.45) is 23.7 Å². The van der Waals surface area contributed by atoms with Crippen LogP contribution in [0.25, 0.3) is 0 Å². The lowest BCUT2D eigenvalue weighted by atomic mass is 9.81. The average Bonchev–Trinajstić information content (AvgIpc) is 2.68. The molecular weight excluding hydrogens is 216 g/mol. The monoisotopic (exact) mass is 226 g/mol. The van der Waals surface area contributed by atoms with Crippen LogP contribution in [0.3, 0.4) is 0 Å². The van der Waals surface area contributed by atoms with Crippen molar-refractivity contribution in [3.8, 4) is 0 Å². The Balaban J connectivity index is 1.92. The molecule has 0 aromatic heterocycles. The number of hydrogen-bond donors (Lipinski definition) is 0. The summed E-state index contributed by atoms with van der Waals surface area (Å²) in [5.41, 5.74) is 0. The second kappa shape index (κ2) is 1.83. The summed E-state index contributed by atoms with van der Waals surface area (Å²) in [6.07, 6.45) is 7.15. The first-order valence-electron chi connectivity index (χ1n) is 4.84. The topological polar surface area (TPSA) is 9.23 Å². The Morgan fingerprint density at radius 3 is 3.08 bits per heavy atom. The number of hydrogen-bond acceptors (Lipinski definition) is 1. The Morgan fingerprint density at radius 1 is 1.25 bits per heavy atom. The predicted molar refractivity (Wildman–Crippen MR) is 49.1 cm³/mol. The van der Waals surface area contributed by atoms with Gasteiger partial charge in [-0.15, -0.1) is 0 Å². The van der Waals surface area contributed by atoms with Gasteiger partial charge in [-0.2, -0.15) is 0 Å². The average molecular weight is 227 g/mol. The van der Waals surface area contributed by atoms with E-state index in [1.807, 2.05) is 0 Å². The van der Waals surface area contributed by atoms with E-state index in [1.165, 1.54) is 6.42 Å². The van der Waals surface area contributed by atoms with Crippen LogP contribution in [-0.2, 0) is 4.74 Å². The molecule has 0 N–H and O–H groups in total. The zero-order valence-electron chi connectivity index (χ0n) is 6.69. The van der Waals surface area contributed by atoms with Crippen LogP contribution in [0.1, 0.15) is 6.42 Å². The molecule has 1 aliphatic heterocycles. The van der Waals surface area contributed by atoms with Crippen LogP contribution < -0.4 is 0 Å². The van der Waals surface area contributed by atoms with E-state index < -0.39 is 0 Å². The summed E-state index contributed by atoms with van der Waals surface area (Å²) in [5.74, 6) is 3.48. The normalized spacial score (nSPS) is 69.9. The predicted octanol–water partition coefficient (Wildman–Crippen LogP) is 1.97. The molecule has 12 heavy (non-hydrogen) atoms. The van der Waals surface area contributed by atoms with Crippen molar-refractivity contribution in [1.29, 1.82) is 0 Å². The maximum atomic E-state index is 6.01. The molecule has 1 saturated heterocycles. The van der Waals surface area contributed by atoms with Crippen LogP contribution >= 0.6 is 15.9 Å². The van der Waals surface area contributed by atoms with E-state index in [0.717, 1.165) is 23.7 Å². The minimum atomic E-state index is 0.484. The van der Waals surface area contributed by atoms with E-state index in [0.29, 0.717) is 17.0 Å². The van der Waals surface area contributed by atoms with E-state index in [9.17, 15) is 0 Å². The molecule has 3 fully saturated rings. The number of halogens is 1. The minimum Gasteiger partial charge on any atom is -0.369 e. The van der Waals surface area contributed by atoms with Crippen LogP contribution in [0.4, 0.5) is 0 Å². The van der Waals surface area contributed by atoms with Crippen molar-refractivity contribution in [3.05, 3.63) is 12.2 Å². The molecule has 3 aliphatic carbocycles. The Labute approximate surface area is 80.3 Å². The molecule has 0 unspecified atom stereocenters. The molecule has 1 heterocycles. The fraction of sp³-hybridized carbons (Fsp3) is 0.800. The molecule has 2 saturated carbocycles. The van der Waals surface area contributed by atoms with Gasteiger partial charge >= 0.3 is 0 Å². The first kappa shape index (κ1) is 6.61. The number of ether oxygens (including phenoxy) is 1. The van der Waals surface area contributed by atoms with Crippen LogP contribution in [0.2, 0.25) is 0 Å². The largest absolute Gasteiger partial charge is 0.369 e. The lowest BCUT2D eigenvalue weighted by Crippen LogP contribution is -2.31. The standard InChI is InChI=1S/C10H11BrO/c11-9-5-3-6-8-4(5)1-2-7(8)12-10(6)9/h1-2,4-10H,3H2/t4-,5-,6+,7-,8-,9-,10-/m1/s1. The summed E-state index contributed by atoms with van der Waals surface area (Å²) in [7, 11) is 0. The van der Waals surface area contributed by atoms with Crippen molar-refractivity contribution in [3.63, 3.8) is 0 Å². The molecule has 2 heteroatoms. The van der Waals surface area contributed by atoms with Crippen molar-refractivity contribution < 1.29 is 4.74 Å². The van der Waals surface area contributed by atoms with Crippen molar-refractivity contribution >= 4 is 15.9 Å². The lowest BCUT2D eigenvalue weighted by Gasteiger charge is -2.26. The third-order valence-electron chi connectivity index (χ3n) is 4.34. The van der Waals surface area contributed by atoms with Gasteiger partial charge in [-0.05, 0) is 24.2 Å². The van der Waals surface area contributed by atoms with Crippen LogP contribution in [0.15, 0.2) is 12.2 Å². The molecule has 4 rings (SSSR count). The lowest BCUT2D eigenvalue weighted by molar-refractivity contribution is 0.0695. The maximum absolute atomic E-state index is 6.01. The Bertz CT molecular complexity index is 275. The first-order chi connectivity index (χ1) is 5.86. The van der Waals surface area contributed by atoms with Gasteiger partial charge in [0, 0.05) is 10.7 Å². The molecule has 0 aromatic rings. The van der Waals surface area contributed by atoms with Gasteiger partial charge in [0.05, 0.1) is 12.2 Å². The molecule has 4 aliphatic rings. The van der Waals surface area contributed by atoms with Crippen LogP contribution in [-0.4, -0.2) is 17.0 Å². The molecule has 64 valence electrons. The maximum Gasteiger partial charge on any atom is 0.0797 e. The minimum absolute atomic E-state index is 0.484. The number of rotatable bonds is 0. The Morgan fingerprint density at radius 2 is 2.17 bits per heavy atom. The van der Waals surface area contributed by atoms with E-state index in [4.69, 9.17) is 4.74 Å². The van der Waals surface area contributed by atoms with E-state index in [1.54, 1.807) is 0 Å². The summed E-state index contributed by atoms with van der Waals surface area (Å²) in [5, 5.41) is 0. The summed E-state index contributed by atoms with van der Waals surface area (Å²) in [6, 6.07) is 0. The first-order valence-corrected chi connectivity index (χ1v) is 5.76. The van der Waals surface area contributed by atoms with Gasteiger partial charge in [0.15, 0.2) is 0 Å². The summed E-state index contributed by atoms with van der Waals surface area (Å²) in [6.45, 7) is 0. The highest BCUT2D eigenvalue weighted by Gasteiger charge is 2.65. The molecule has 0 amide bonds. The molecular formula is C10H11BrO. The zero-order chi connectivity index (χ0) is 7.87. The van der Waals surface area contributed by atoms with E-state index >= 15 is 0 Å². The van der Waals surface area contributed by atoms with Crippen molar-refractivity contribution in [2.45, 2.75) is 23.5 Å². The smallest absolute Gasteiger partial charge is 0.0797 e. The van der Waals surface area contributed by atoms with Gasteiger partial charge in [0.1, 0.15) is 0 Å². The quantitative estimate of drug-likeness (QED) is 0.454. The highest BCUT2D eigenvalue weighted by atomic mass is 79.9. The Kier molecular flexibility index (Phi) is 1.01. The SMILES string of the molecule is Br[C@@H]1[C@@H]2C[C@@H]3[C@H]1O[C@@H]1C=C[C@H]2[C@H]31. The summed E-state index contributed by atoms with van der Waals surface area (Å²) < 4.78 is 6.01. The fourth-order valence-electron chi connectivity index (χ4n) is 3.97. The van der Waals surface area contributed by atoms with Crippen molar-refractivity contribution in [1.82, 2.24) is 0 Å². The molecule has 0 aromatic carbocycles. The van der Waals surface area contributed by atoms with Crippen LogP contribution in [0.5, 0.6) is 0 Å². The molecule has 2 bridgehead atoms. The van der Waals surface area contributed by atoms with E-state index in [-0.39, 0.29) is 0 Å². The van der Waals surface area contributed by atoms with Gasteiger partial charge in [0.2, 0.25) is 0 Å². The van der Waals surface area contributed by atoms with E-state index in [2.05, 4.69) is 28.1 Å². The fourth-order valence-corrected chi connectivity index (χ4v) is 5.05. The molecule has 7 atom stereocenters. The molecule has 1 nitrogen and oxygen atoms in total. The third kappa shape index (κ3) is 0.506. The molecule has 0 spiro atoms. The number of fused-ring (bicyclic) bond motifs is 2. The zero-order valence-corrected chi connectivity index (χ0v) is 8.28. The Hall–Kier alpha value is 0.180. The second-order valence-electron chi connectivity index (χ2n) is 4.61. The summed E-state index contributed by atoms with van der Waals surface area (Å²) in [4.78, 5) is 0.652. The number of alkyl halides is 1. The van der Waals surface area contributed by atoms with Gasteiger partial charge in [-0.25, -0.2) is 0 Å². The van der Waals surface area contributed by atoms with Gasteiger partial charge < -0.3 is 4.74 Å². The van der Waals surface area contributed by atoms with Crippen LogP contribution in [0, 0.1) is 23.7 Å². The number of allylic oxidation sites excluding steroid dienone is 1. The van der Waals surface area contributed by atoms with Gasteiger partial charge in [-0.1, -0.05) is 28.1 Å². The molecule has 0 radical (unpaired) electrons. The highest BCUT2D eigenvalue weighted by Crippen LogP contribution is 2.64. The van der Waals surface area contributed by atoms with Gasteiger partial charge in [0.25, 0.3) is 0 Å². The highest BCUT2D eigenvalue weighted by molar-refractivity contribution is 9.09.